The third kappa shape index (κ3) is 3.35. The van der Waals surface area contributed by atoms with Crippen LogP contribution in [0.25, 0.3) is 11.1 Å². The molecule has 5 rings (SSSR count). The summed E-state index contributed by atoms with van der Waals surface area (Å²) >= 11 is 0. The van der Waals surface area contributed by atoms with Crippen molar-refractivity contribution in [1.29, 1.82) is 0 Å². The van der Waals surface area contributed by atoms with Gasteiger partial charge in [-0.1, -0.05) is 69.2 Å². The first-order valence-electron chi connectivity index (χ1n) is 11.0. The normalized spacial score (nSPS) is 27.1. The van der Waals surface area contributed by atoms with Crippen molar-refractivity contribution in [2.24, 2.45) is 5.41 Å². The summed E-state index contributed by atoms with van der Waals surface area (Å²) in [6, 6.07) is 14.6. The monoisotopic (exact) mass is 364 g/mol. The third-order valence-electron chi connectivity index (χ3n) is 7.56. The molecule has 0 atom stereocenters. The highest BCUT2D eigenvalue weighted by molar-refractivity contribution is 5.66. The Morgan fingerprint density at radius 2 is 1.48 bits per heavy atom. The maximum atomic E-state index is 15.7. The van der Waals surface area contributed by atoms with Gasteiger partial charge in [0.15, 0.2) is 0 Å². The zero-order chi connectivity index (χ0) is 18.9. The molecule has 0 heterocycles. The van der Waals surface area contributed by atoms with E-state index in [1.165, 1.54) is 56.9 Å². The largest absolute Gasteiger partial charge is 0.206 e. The minimum atomic E-state index is 0.0330. The van der Waals surface area contributed by atoms with E-state index in [2.05, 4.69) is 50.2 Å². The van der Waals surface area contributed by atoms with Crippen LogP contribution in [0.2, 0.25) is 0 Å². The molecule has 1 heteroatoms. The molecule has 0 radical (unpaired) electrons. The molecule has 2 bridgehead atoms. The first-order valence-corrected chi connectivity index (χ1v) is 11.0. The van der Waals surface area contributed by atoms with Gasteiger partial charge in [-0.15, -0.1) is 0 Å². The van der Waals surface area contributed by atoms with Gasteiger partial charge in [-0.2, -0.15) is 0 Å². The van der Waals surface area contributed by atoms with Crippen molar-refractivity contribution in [1.82, 2.24) is 0 Å². The minimum absolute atomic E-state index is 0.0330. The second-order valence-electron chi connectivity index (χ2n) is 9.14. The van der Waals surface area contributed by atoms with Crippen LogP contribution in [-0.2, 0) is 11.8 Å². The molecule has 144 valence electrons. The Hall–Kier alpha value is -1.63. The molecule has 0 spiro atoms. The zero-order valence-electron chi connectivity index (χ0n) is 17.0. The van der Waals surface area contributed by atoms with E-state index >= 15 is 4.39 Å². The van der Waals surface area contributed by atoms with Crippen LogP contribution in [0.5, 0.6) is 0 Å². The summed E-state index contributed by atoms with van der Waals surface area (Å²) in [6.45, 7) is 4.50. The molecule has 0 saturated heterocycles. The fraction of sp³-hybridized carbons (Fsp3) is 0.538. The van der Waals surface area contributed by atoms with Gasteiger partial charge in [-0.3, -0.25) is 0 Å². The molecule has 3 saturated carbocycles. The topological polar surface area (TPSA) is 0 Å². The molecule has 0 aliphatic heterocycles. The van der Waals surface area contributed by atoms with Gasteiger partial charge < -0.3 is 0 Å². The average molecular weight is 365 g/mol. The number of halogens is 1. The molecule has 27 heavy (non-hydrogen) atoms. The number of rotatable bonds is 6. The highest BCUT2D eigenvalue weighted by atomic mass is 19.1. The van der Waals surface area contributed by atoms with E-state index in [9.17, 15) is 0 Å². The van der Waals surface area contributed by atoms with Gasteiger partial charge in [-0.05, 0) is 78.9 Å². The maximum Gasteiger partial charge on any atom is 0.134 e. The van der Waals surface area contributed by atoms with Crippen molar-refractivity contribution in [3.63, 3.8) is 0 Å². The lowest BCUT2D eigenvalue weighted by atomic mass is 9.51. The number of hydrogen-bond donors (Lipinski definition) is 0. The quantitative estimate of drug-likeness (QED) is 0.490. The van der Waals surface area contributed by atoms with Crippen molar-refractivity contribution in [2.45, 2.75) is 83.5 Å². The van der Waals surface area contributed by atoms with E-state index < -0.39 is 0 Å². The molecule has 0 nitrogen and oxygen atoms in total. The lowest BCUT2D eigenvalue weighted by Gasteiger charge is -2.54. The van der Waals surface area contributed by atoms with Crippen LogP contribution >= 0.6 is 0 Å². The van der Waals surface area contributed by atoms with Crippen LogP contribution in [0.15, 0.2) is 42.5 Å². The summed E-state index contributed by atoms with van der Waals surface area (Å²) in [5.74, 6) is 0.0330. The Morgan fingerprint density at radius 3 is 2.07 bits per heavy atom. The molecule has 3 aliphatic rings. The fourth-order valence-corrected chi connectivity index (χ4v) is 5.88. The number of aryl methyl sites for hydroxylation is 1. The Balaban J connectivity index is 1.63. The van der Waals surface area contributed by atoms with Gasteiger partial charge in [0.2, 0.25) is 0 Å². The van der Waals surface area contributed by atoms with E-state index in [1.54, 1.807) is 0 Å². The second-order valence-corrected chi connectivity index (χ2v) is 9.14. The summed E-state index contributed by atoms with van der Waals surface area (Å²) in [6.07, 6.45) is 12.2. The van der Waals surface area contributed by atoms with E-state index in [1.807, 2.05) is 6.07 Å². The Labute approximate surface area is 164 Å². The van der Waals surface area contributed by atoms with Crippen molar-refractivity contribution >= 4 is 0 Å². The summed E-state index contributed by atoms with van der Waals surface area (Å²) in [5, 5.41) is 0. The van der Waals surface area contributed by atoms with E-state index in [0.29, 0.717) is 5.41 Å². The van der Waals surface area contributed by atoms with Crippen LogP contribution in [0.4, 0.5) is 4.39 Å². The van der Waals surface area contributed by atoms with Crippen molar-refractivity contribution in [3.05, 3.63) is 59.4 Å². The van der Waals surface area contributed by atoms with Crippen LogP contribution in [0.1, 0.15) is 82.8 Å². The summed E-state index contributed by atoms with van der Waals surface area (Å²) in [4.78, 5) is 0. The lowest BCUT2D eigenvalue weighted by Crippen LogP contribution is -2.44. The average Bonchev–Trinajstić information content (AvgIpc) is 2.71. The van der Waals surface area contributed by atoms with Gasteiger partial charge in [0.25, 0.3) is 0 Å². The Bertz CT molecular complexity index is 762. The fourth-order valence-electron chi connectivity index (χ4n) is 5.88. The highest BCUT2D eigenvalue weighted by Gasteiger charge is 2.49. The van der Waals surface area contributed by atoms with Crippen LogP contribution in [0, 0.1) is 11.2 Å². The summed E-state index contributed by atoms with van der Waals surface area (Å²) in [7, 11) is 0. The van der Waals surface area contributed by atoms with E-state index in [-0.39, 0.29) is 11.2 Å². The second kappa shape index (κ2) is 7.41. The molecule has 0 N–H and O–H groups in total. The zero-order valence-corrected chi connectivity index (χ0v) is 17.0. The molecular formula is C26H33F. The first-order chi connectivity index (χ1) is 13.1. The maximum absolute atomic E-state index is 15.7. The van der Waals surface area contributed by atoms with Gasteiger partial charge in [-0.25, -0.2) is 4.39 Å². The minimum Gasteiger partial charge on any atom is -0.206 e. The van der Waals surface area contributed by atoms with E-state index in [0.717, 1.165) is 29.5 Å². The van der Waals surface area contributed by atoms with Crippen LogP contribution < -0.4 is 0 Å². The molecule has 2 aromatic carbocycles. The van der Waals surface area contributed by atoms with Crippen LogP contribution in [0.3, 0.4) is 0 Å². The predicted octanol–water partition coefficient (Wildman–Crippen LogP) is 7.84. The third-order valence-corrected chi connectivity index (χ3v) is 7.56. The lowest BCUT2D eigenvalue weighted by molar-refractivity contribution is 0.0304. The van der Waals surface area contributed by atoms with Crippen molar-refractivity contribution < 1.29 is 4.39 Å². The van der Waals surface area contributed by atoms with Gasteiger partial charge in [0.1, 0.15) is 5.82 Å². The van der Waals surface area contributed by atoms with Gasteiger partial charge >= 0.3 is 0 Å². The molecule has 3 fully saturated rings. The van der Waals surface area contributed by atoms with Gasteiger partial charge in [0, 0.05) is 5.56 Å². The highest BCUT2D eigenvalue weighted by Crippen LogP contribution is 2.60. The standard InChI is InChI=1S/C26H33F/c1-3-6-20-9-11-21(12-10-20)22-7-5-8-23(24(22)27)26-17-14-25(13-4-2,15-18-26)16-19-26/h5,7-12H,3-4,6,13-19H2,1-2H3. The SMILES string of the molecule is CCCc1ccc(-c2cccc(C34CCC(CCC)(CC3)CC4)c2F)cc1. The van der Waals surface area contributed by atoms with E-state index in [4.69, 9.17) is 0 Å². The Kier molecular flexibility index (Phi) is 5.14. The van der Waals surface area contributed by atoms with Crippen LogP contribution in [-0.4, -0.2) is 0 Å². The summed E-state index contributed by atoms with van der Waals surface area (Å²) < 4.78 is 15.7. The number of fused-ring (bicyclic) bond motifs is 3. The molecule has 3 aliphatic carbocycles. The molecule has 2 aromatic rings. The van der Waals surface area contributed by atoms with Gasteiger partial charge in [0.05, 0.1) is 0 Å². The number of benzene rings is 2. The molecule has 0 aromatic heterocycles. The molecule has 0 amide bonds. The molecule has 0 unspecified atom stereocenters. The van der Waals surface area contributed by atoms with Crippen molar-refractivity contribution in [2.75, 3.05) is 0 Å². The summed E-state index contributed by atoms with van der Waals surface area (Å²) in [5.41, 5.74) is 4.77. The number of hydrogen-bond acceptors (Lipinski definition) is 0. The van der Waals surface area contributed by atoms with Crippen molar-refractivity contribution in [3.8, 4) is 11.1 Å². The Morgan fingerprint density at radius 1 is 0.815 bits per heavy atom. The molecular weight excluding hydrogens is 331 g/mol. The predicted molar refractivity (Wildman–Crippen MR) is 113 cm³/mol. The smallest absolute Gasteiger partial charge is 0.134 e. The first kappa shape index (κ1) is 18.7.